The van der Waals surface area contributed by atoms with Crippen LogP contribution in [0.4, 0.5) is 0 Å². The Morgan fingerprint density at radius 1 is 0.851 bits per heavy atom. The number of aromatic nitrogens is 2. The number of nitrogens with zero attached hydrogens (tertiary/aromatic N) is 2. The van der Waals surface area contributed by atoms with Crippen LogP contribution in [-0.2, 0) is 41.7 Å². The number of nitrogens with two attached hydrogens (primary N) is 1. The van der Waals surface area contributed by atoms with Crippen molar-refractivity contribution in [2.24, 2.45) is 5.73 Å². The number of carbonyl (C=O) groups excluding carboxylic acids is 7. The number of benzene rings is 4. The zero-order valence-electron chi connectivity index (χ0n) is 37.0. The third-order valence-electron chi connectivity index (χ3n) is 11.3. The number of likely N-dealkylation sites (N-methyl/N-ethyl adjacent to an activating group) is 1. The van der Waals surface area contributed by atoms with Crippen LogP contribution in [0.2, 0.25) is 5.02 Å². The Labute approximate surface area is 391 Å². The van der Waals surface area contributed by atoms with Crippen molar-refractivity contribution in [3.05, 3.63) is 125 Å². The van der Waals surface area contributed by atoms with Crippen molar-refractivity contribution >= 4 is 52.8 Å². The minimum absolute atomic E-state index is 0.0200. The molecule has 10 N–H and O–H groups in total. The minimum atomic E-state index is -1.48. The zero-order valence-corrected chi connectivity index (χ0v) is 37.7. The normalized spacial score (nSPS) is 16.8. The number of unbranched alkanes of at least 4 members (excludes halogenated alkanes) is 1. The maximum absolute atomic E-state index is 14.6. The van der Waals surface area contributed by atoms with Crippen LogP contribution in [0, 0.1) is 0 Å². The van der Waals surface area contributed by atoms with Gasteiger partial charge in [0.05, 0.1) is 18.3 Å². The molecule has 1 aliphatic rings. The number of carbonyl (C=O) groups is 7. The smallest absolute Gasteiger partial charge is 0.289 e. The number of hydrogen-bond acceptors (Lipinski definition) is 11. The van der Waals surface area contributed by atoms with Gasteiger partial charge in [-0.05, 0) is 117 Å². The van der Waals surface area contributed by atoms with Crippen LogP contribution >= 0.6 is 11.6 Å². The van der Waals surface area contributed by atoms with Gasteiger partial charge in [-0.3, -0.25) is 38.7 Å². The molecule has 0 saturated heterocycles. The predicted molar refractivity (Wildman–Crippen MR) is 248 cm³/mol. The van der Waals surface area contributed by atoms with E-state index >= 15 is 0 Å². The van der Waals surface area contributed by atoms with Crippen LogP contribution in [0.15, 0.2) is 97.2 Å². The second kappa shape index (κ2) is 22.1. The number of amides is 6. The lowest BCUT2D eigenvalue weighted by atomic mass is 9.93. The summed E-state index contributed by atoms with van der Waals surface area (Å²) in [6, 6.07) is 17.4. The van der Waals surface area contributed by atoms with E-state index < -0.39 is 71.4 Å². The van der Waals surface area contributed by atoms with Crippen molar-refractivity contribution in [1.29, 1.82) is 0 Å². The summed E-state index contributed by atoms with van der Waals surface area (Å²) in [4.78, 5) is 97.3. The Morgan fingerprint density at radius 3 is 2.16 bits per heavy atom. The second-order valence-corrected chi connectivity index (χ2v) is 16.7. The summed E-state index contributed by atoms with van der Waals surface area (Å²) in [5.41, 5.74) is 9.07. The number of nitrogens with one attached hydrogen (secondary N) is 6. The van der Waals surface area contributed by atoms with Gasteiger partial charge >= 0.3 is 0 Å². The molecule has 0 radical (unpaired) electrons. The highest BCUT2D eigenvalue weighted by Gasteiger charge is 2.36. The molecule has 2 heterocycles. The quantitative estimate of drug-likeness (QED) is 0.0543. The highest BCUT2D eigenvalue weighted by molar-refractivity contribution is 6.38. The topological polar surface area (TPSA) is 278 Å². The summed E-state index contributed by atoms with van der Waals surface area (Å²) in [6.45, 7) is 2.99. The minimum Gasteiger partial charge on any atom is -0.507 e. The Hall–Kier alpha value is -7.57. The molecule has 6 amide bonds. The number of ketones is 1. The molecule has 0 spiro atoms. The van der Waals surface area contributed by atoms with Crippen molar-refractivity contribution < 1.29 is 43.8 Å². The molecule has 6 rings (SSSR count). The standard InChI is InChI=1S/C48H52ClN9O9/c1-26(42(61)47(66)51-25-34-19-21-52-57-34)53-45(64)38-23-28-7-17-39(59)35(22-28)36-24-32(14-18-40(36)60)41(46(65)54-27(2)43(62)56-38)58(3)48(67)37(6-4-5-20-50)55-44(63)31-10-8-29(9-11-31)30-12-15-33(49)16-13-30/h7-19,21-22,24,26-27,37-38,41,59-60H,4-6,20,23,25,50H2,1-3H3,(H,51,66)(H,52,57)(H,53,64)(H,54,65)(H,55,63)(H,56,62)/t26-,27-,37-,38-,41-/m0/s1. The predicted octanol–water partition coefficient (Wildman–Crippen LogP) is 3.17. The second-order valence-electron chi connectivity index (χ2n) is 16.2. The molecule has 4 aromatic carbocycles. The summed E-state index contributed by atoms with van der Waals surface area (Å²) in [7, 11) is 1.37. The third-order valence-corrected chi connectivity index (χ3v) is 11.6. The van der Waals surface area contributed by atoms with Crippen LogP contribution < -0.4 is 32.3 Å². The molecule has 5 atom stereocenters. The molecular formula is C48H52ClN9O9. The van der Waals surface area contributed by atoms with Gasteiger partial charge in [0, 0.05) is 41.4 Å². The largest absolute Gasteiger partial charge is 0.507 e. The number of fused-ring (bicyclic) bond motifs is 5. The molecule has 19 heteroatoms. The van der Waals surface area contributed by atoms with Crippen LogP contribution in [0.1, 0.15) is 66.3 Å². The lowest BCUT2D eigenvalue weighted by Gasteiger charge is -2.32. The van der Waals surface area contributed by atoms with Crippen LogP contribution in [0.5, 0.6) is 11.5 Å². The molecule has 5 aromatic rings. The zero-order chi connectivity index (χ0) is 48.4. The Morgan fingerprint density at radius 2 is 1.51 bits per heavy atom. The molecule has 0 unspecified atom stereocenters. The number of aromatic amines is 1. The fraction of sp³-hybridized carbons (Fsp3) is 0.292. The van der Waals surface area contributed by atoms with E-state index in [2.05, 4.69) is 36.8 Å². The van der Waals surface area contributed by atoms with Gasteiger partial charge in [-0.1, -0.05) is 48.0 Å². The van der Waals surface area contributed by atoms with Crippen LogP contribution in [0.3, 0.4) is 0 Å². The van der Waals surface area contributed by atoms with Crippen molar-refractivity contribution in [3.63, 3.8) is 0 Å². The molecule has 350 valence electrons. The fourth-order valence-electron chi connectivity index (χ4n) is 7.56. The number of aromatic hydroxyl groups is 2. The van der Waals surface area contributed by atoms with E-state index in [0.717, 1.165) is 16.0 Å². The van der Waals surface area contributed by atoms with Gasteiger partial charge < -0.3 is 47.4 Å². The van der Waals surface area contributed by atoms with Crippen molar-refractivity contribution in [3.8, 4) is 33.8 Å². The number of Topliss-reactive ketones (excluding diaryl/α,β-unsaturated/α-hetero) is 1. The number of halogens is 1. The van der Waals surface area contributed by atoms with Gasteiger partial charge in [0.25, 0.3) is 11.8 Å². The maximum atomic E-state index is 14.6. The van der Waals surface area contributed by atoms with E-state index in [1.54, 1.807) is 42.5 Å². The molecule has 0 saturated carbocycles. The first-order chi connectivity index (χ1) is 32.0. The van der Waals surface area contributed by atoms with Gasteiger partial charge in [0.1, 0.15) is 35.7 Å². The van der Waals surface area contributed by atoms with Crippen molar-refractivity contribution in [2.75, 3.05) is 13.6 Å². The summed E-state index contributed by atoms with van der Waals surface area (Å²) in [6.07, 6.45) is 2.43. The highest BCUT2D eigenvalue weighted by Crippen LogP contribution is 2.39. The average Bonchev–Trinajstić information content (AvgIpc) is 3.85. The number of H-pyrrole nitrogens is 1. The van der Waals surface area contributed by atoms with E-state index in [1.165, 1.54) is 63.5 Å². The molecule has 0 aliphatic carbocycles. The van der Waals surface area contributed by atoms with E-state index in [1.807, 2.05) is 12.1 Å². The first-order valence-corrected chi connectivity index (χ1v) is 21.9. The number of rotatable bonds is 15. The lowest BCUT2D eigenvalue weighted by Crippen LogP contribution is -2.57. The molecule has 1 aromatic heterocycles. The van der Waals surface area contributed by atoms with Gasteiger partial charge in [-0.2, -0.15) is 5.10 Å². The Balaban J connectivity index is 1.27. The van der Waals surface area contributed by atoms with Gasteiger partial charge in [-0.15, -0.1) is 0 Å². The maximum Gasteiger partial charge on any atom is 0.289 e. The van der Waals surface area contributed by atoms with Gasteiger partial charge in [0.15, 0.2) is 0 Å². The lowest BCUT2D eigenvalue weighted by molar-refractivity contribution is -0.142. The molecule has 67 heavy (non-hydrogen) atoms. The first-order valence-electron chi connectivity index (χ1n) is 21.5. The summed E-state index contributed by atoms with van der Waals surface area (Å²) in [5, 5.41) is 42.4. The SMILES string of the molecule is C[C@@H]1NC(=O)[C@@H](N(C)C(=O)[C@H](CCCCN)NC(=O)c2ccc(-c3ccc(Cl)cc3)cc2)c2ccc(O)c(c2)-c2cc(ccc2O)C[C@@H](C(=O)N[C@@H](C)C(=O)C(=O)NCc2ccn[nH]2)NC1=O. The van der Waals surface area contributed by atoms with Crippen molar-refractivity contribution in [1.82, 2.24) is 41.7 Å². The van der Waals surface area contributed by atoms with E-state index in [-0.39, 0.29) is 53.1 Å². The Bertz CT molecular complexity index is 2620. The first kappa shape index (κ1) is 48.9. The van der Waals surface area contributed by atoms with E-state index in [9.17, 15) is 43.8 Å². The van der Waals surface area contributed by atoms with E-state index in [4.69, 9.17) is 17.3 Å². The van der Waals surface area contributed by atoms with Crippen molar-refractivity contribution in [2.45, 2.75) is 76.3 Å². The number of phenols is 2. The monoisotopic (exact) mass is 933 g/mol. The Kier molecular flexibility index (Phi) is 16.1. The molecule has 0 fully saturated rings. The molecule has 4 bridgehead atoms. The average molecular weight is 934 g/mol. The molecule has 1 aliphatic heterocycles. The summed E-state index contributed by atoms with van der Waals surface area (Å²) in [5.74, 6) is -6.20. The number of phenolic OH excluding ortho intramolecular Hbond substituents is 2. The molecular weight excluding hydrogens is 882 g/mol. The van der Waals surface area contributed by atoms with Gasteiger partial charge in [-0.25, -0.2) is 0 Å². The highest BCUT2D eigenvalue weighted by atomic mass is 35.5. The fourth-order valence-corrected chi connectivity index (χ4v) is 7.68. The molecule has 18 nitrogen and oxygen atoms in total. The van der Waals surface area contributed by atoms with Gasteiger partial charge in [0.2, 0.25) is 29.4 Å². The van der Waals surface area contributed by atoms with Crippen LogP contribution in [0.25, 0.3) is 22.3 Å². The third kappa shape index (κ3) is 12.2. The summed E-state index contributed by atoms with van der Waals surface area (Å²) >= 11 is 6.05. The van der Waals surface area contributed by atoms with E-state index in [0.29, 0.717) is 35.7 Å². The summed E-state index contributed by atoms with van der Waals surface area (Å²) < 4.78 is 0. The number of hydrogen-bond donors (Lipinski definition) is 9. The van der Waals surface area contributed by atoms with Crippen LogP contribution in [-0.4, -0.2) is 104 Å².